The second-order valence-corrected chi connectivity index (χ2v) is 3.84. The summed E-state index contributed by atoms with van der Waals surface area (Å²) in [5.74, 6) is 0. The van der Waals surface area contributed by atoms with E-state index in [4.69, 9.17) is 0 Å². The number of nitrogens with one attached hydrogen (secondary N) is 2. The minimum absolute atomic E-state index is 0.0384. The maximum absolute atomic E-state index is 11.6. The highest BCUT2D eigenvalue weighted by molar-refractivity contribution is 5.82. The van der Waals surface area contributed by atoms with E-state index in [1.165, 1.54) is 5.56 Å². The fraction of sp³-hybridized carbons (Fsp3) is 0.400. The van der Waals surface area contributed by atoms with E-state index in [2.05, 4.69) is 15.2 Å². The molecule has 0 amide bonds. The van der Waals surface area contributed by atoms with Gasteiger partial charge in [-0.2, -0.15) is 5.10 Å². The molecule has 2 aromatic heterocycles. The average molecular weight is 189 g/mol. The molecular formula is C10H11N3O. The third kappa shape index (κ3) is 0.828. The van der Waals surface area contributed by atoms with Gasteiger partial charge in [0.15, 0.2) is 5.65 Å². The molecule has 2 aromatic rings. The summed E-state index contributed by atoms with van der Waals surface area (Å²) < 4.78 is 0. The monoisotopic (exact) mass is 189 g/mol. The summed E-state index contributed by atoms with van der Waals surface area (Å²) in [5, 5.41) is 8.11. The van der Waals surface area contributed by atoms with Crippen molar-refractivity contribution in [3.8, 4) is 0 Å². The quantitative estimate of drug-likeness (QED) is 0.650. The van der Waals surface area contributed by atoms with Gasteiger partial charge >= 0.3 is 0 Å². The molecule has 0 aromatic carbocycles. The number of aromatic amines is 2. The number of hydrogen-bond acceptors (Lipinski definition) is 2. The van der Waals surface area contributed by atoms with E-state index < -0.39 is 0 Å². The molecular weight excluding hydrogens is 178 g/mol. The lowest BCUT2D eigenvalue weighted by Gasteiger charge is -1.99. The standard InChI is InChI=1S/C10H11N3O/c1-5-8-6-3-2-4-7(6)10(14)11-9(8)13-12-5/h2-4H2,1H3,(H2,11,12,13,14). The van der Waals surface area contributed by atoms with Crippen LogP contribution in [0.2, 0.25) is 0 Å². The Bertz CT molecular complexity index is 564. The van der Waals surface area contributed by atoms with Crippen molar-refractivity contribution in [3.63, 3.8) is 0 Å². The zero-order valence-electron chi connectivity index (χ0n) is 7.98. The molecule has 3 rings (SSSR count). The first kappa shape index (κ1) is 7.79. The Balaban J connectivity index is 2.55. The molecule has 4 heteroatoms. The van der Waals surface area contributed by atoms with Gasteiger partial charge in [-0.3, -0.25) is 9.89 Å². The minimum Gasteiger partial charge on any atom is -0.305 e. The molecule has 0 radical (unpaired) electrons. The van der Waals surface area contributed by atoms with Crippen LogP contribution in [0.25, 0.3) is 11.0 Å². The summed E-state index contributed by atoms with van der Waals surface area (Å²) >= 11 is 0. The molecule has 0 saturated heterocycles. The van der Waals surface area contributed by atoms with Crippen LogP contribution >= 0.6 is 0 Å². The van der Waals surface area contributed by atoms with Crippen molar-refractivity contribution in [2.45, 2.75) is 26.2 Å². The predicted octanol–water partition coefficient (Wildman–Crippen LogP) is 1.05. The molecule has 1 aliphatic carbocycles. The highest BCUT2D eigenvalue weighted by atomic mass is 16.1. The number of nitrogens with zero attached hydrogens (tertiary/aromatic N) is 1. The van der Waals surface area contributed by atoms with E-state index in [-0.39, 0.29) is 5.56 Å². The van der Waals surface area contributed by atoms with Gasteiger partial charge in [0.25, 0.3) is 5.56 Å². The van der Waals surface area contributed by atoms with Gasteiger partial charge in [-0.1, -0.05) is 0 Å². The molecule has 0 atom stereocenters. The van der Waals surface area contributed by atoms with Crippen LogP contribution in [0.1, 0.15) is 23.2 Å². The Morgan fingerprint density at radius 2 is 2.07 bits per heavy atom. The molecule has 0 spiro atoms. The van der Waals surface area contributed by atoms with Gasteiger partial charge in [0, 0.05) is 16.6 Å². The largest absolute Gasteiger partial charge is 0.305 e. The molecule has 1 aliphatic rings. The van der Waals surface area contributed by atoms with Crippen LogP contribution < -0.4 is 5.56 Å². The van der Waals surface area contributed by atoms with Crippen molar-refractivity contribution in [3.05, 3.63) is 27.2 Å². The Labute approximate surface area is 80.3 Å². The van der Waals surface area contributed by atoms with Crippen LogP contribution in [0.15, 0.2) is 4.79 Å². The lowest BCUT2D eigenvalue weighted by molar-refractivity contribution is 0.908. The molecule has 0 bridgehead atoms. The van der Waals surface area contributed by atoms with Gasteiger partial charge in [-0.05, 0) is 31.7 Å². The van der Waals surface area contributed by atoms with Gasteiger partial charge in [0.05, 0.1) is 0 Å². The van der Waals surface area contributed by atoms with Crippen LogP contribution in [0.3, 0.4) is 0 Å². The van der Waals surface area contributed by atoms with Gasteiger partial charge in [-0.15, -0.1) is 0 Å². The smallest absolute Gasteiger partial charge is 0.253 e. The minimum atomic E-state index is 0.0384. The first-order valence-electron chi connectivity index (χ1n) is 4.86. The molecule has 14 heavy (non-hydrogen) atoms. The zero-order chi connectivity index (χ0) is 9.71. The summed E-state index contributed by atoms with van der Waals surface area (Å²) in [5.41, 5.74) is 3.95. The average Bonchev–Trinajstić information content (AvgIpc) is 2.72. The number of pyridine rings is 1. The Kier molecular flexibility index (Phi) is 1.37. The number of fused-ring (bicyclic) bond motifs is 3. The Morgan fingerprint density at radius 3 is 2.93 bits per heavy atom. The molecule has 0 saturated carbocycles. The van der Waals surface area contributed by atoms with Crippen LogP contribution in [0.4, 0.5) is 0 Å². The van der Waals surface area contributed by atoms with E-state index in [1.807, 2.05) is 6.92 Å². The summed E-state index contributed by atoms with van der Waals surface area (Å²) in [6.45, 7) is 1.99. The van der Waals surface area contributed by atoms with Crippen molar-refractivity contribution in [2.75, 3.05) is 0 Å². The second-order valence-electron chi connectivity index (χ2n) is 3.84. The highest BCUT2D eigenvalue weighted by Gasteiger charge is 2.20. The van der Waals surface area contributed by atoms with Crippen LogP contribution in [-0.4, -0.2) is 15.2 Å². The topological polar surface area (TPSA) is 61.5 Å². The Hall–Kier alpha value is -1.58. The molecule has 4 nitrogen and oxygen atoms in total. The van der Waals surface area contributed by atoms with E-state index in [0.717, 1.165) is 35.9 Å². The molecule has 0 unspecified atom stereocenters. The van der Waals surface area contributed by atoms with Crippen LogP contribution in [0.5, 0.6) is 0 Å². The normalized spacial score (nSPS) is 14.9. The van der Waals surface area contributed by atoms with Crippen molar-refractivity contribution < 1.29 is 0 Å². The lowest BCUT2D eigenvalue weighted by atomic mass is 10.1. The van der Waals surface area contributed by atoms with E-state index in [9.17, 15) is 4.79 Å². The summed E-state index contributed by atoms with van der Waals surface area (Å²) in [6, 6.07) is 0. The van der Waals surface area contributed by atoms with Gasteiger partial charge in [-0.25, -0.2) is 0 Å². The fourth-order valence-corrected chi connectivity index (χ4v) is 2.34. The zero-order valence-corrected chi connectivity index (χ0v) is 7.98. The molecule has 72 valence electrons. The predicted molar refractivity (Wildman–Crippen MR) is 53.5 cm³/mol. The number of hydrogen-bond donors (Lipinski definition) is 2. The maximum Gasteiger partial charge on any atom is 0.253 e. The third-order valence-electron chi connectivity index (χ3n) is 2.97. The Morgan fingerprint density at radius 1 is 1.29 bits per heavy atom. The maximum atomic E-state index is 11.6. The molecule has 0 aliphatic heterocycles. The first-order valence-corrected chi connectivity index (χ1v) is 4.86. The summed E-state index contributed by atoms with van der Waals surface area (Å²) in [4.78, 5) is 14.4. The first-order chi connectivity index (χ1) is 6.77. The van der Waals surface area contributed by atoms with Crippen LogP contribution in [0, 0.1) is 6.92 Å². The highest BCUT2D eigenvalue weighted by Crippen LogP contribution is 2.26. The molecule has 2 N–H and O–H groups in total. The number of aromatic nitrogens is 3. The van der Waals surface area contributed by atoms with Gasteiger partial charge < -0.3 is 4.98 Å². The lowest BCUT2D eigenvalue weighted by Crippen LogP contribution is -2.12. The number of H-pyrrole nitrogens is 2. The summed E-state index contributed by atoms with van der Waals surface area (Å²) in [6.07, 6.45) is 3.00. The summed E-state index contributed by atoms with van der Waals surface area (Å²) in [7, 11) is 0. The van der Waals surface area contributed by atoms with E-state index in [0.29, 0.717) is 5.65 Å². The van der Waals surface area contributed by atoms with Crippen molar-refractivity contribution in [1.82, 2.24) is 15.2 Å². The molecule has 2 heterocycles. The van der Waals surface area contributed by atoms with Gasteiger partial charge in [0.2, 0.25) is 0 Å². The number of rotatable bonds is 0. The van der Waals surface area contributed by atoms with Crippen LogP contribution in [-0.2, 0) is 12.8 Å². The SMILES string of the molecule is Cc1[nH]nc2[nH]c(=O)c3c(c12)CCC3. The van der Waals surface area contributed by atoms with Crippen molar-refractivity contribution >= 4 is 11.0 Å². The molecule has 0 fully saturated rings. The van der Waals surface area contributed by atoms with E-state index in [1.54, 1.807) is 0 Å². The third-order valence-corrected chi connectivity index (χ3v) is 2.97. The van der Waals surface area contributed by atoms with Crippen molar-refractivity contribution in [2.24, 2.45) is 0 Å². The second kappa shape index (κ2) is 2.47. The van der Waals surface area contributed by atoms with Crippen molar-refractivity contribution in [1.29, 1.82) is 0 Å². The van der Waals surface area contributed by atoms with E-state index >= 15 is 0 Å². The fourth-order valence-electron chi connectivity index (χ4n) is 2.34. The number of aryl methyl sites for hydroxylation is 2. The van der Waals surface area contributed by atoms with Gasteiger partial charge in [0.1, 0.15) is 0 Å².